The maximum absolute atomic E-state index is 12.0. The Hall–Kier alpha value is -0.570. The summed E-state index contributed by atoms with van der Waals surface area (Å²) < 4.78 is 0. The number of amides is 1. The van der Waals surface area contributed by atoms with Crippen LogP contribution in [-0.2, 0) is 4.79 Å². The van der Waals surface area contributed by atoms with Crippen LogP contribution in [0.1, 0.15) is 66.2 Å². The molecule has 0 aliphatic heterocycles. The zero-order valence-corrected chi connectivity index (χ0v) is 13.2. The van der Waals surface area contributed by atoms with Crippen LogP contribution in [0, 0.1) is 11.8 Å². The van der Waals surface area contributed by atoms with E-state index in [0.717, 1.165) is 31.2 Å². The average Bonchev–Trinajstić information content (AvgIpc) is 2.37. The summed E-state index contributed by atoms with van der Waals surface area (Å²) in [7, 11) is 0. The van der Waals surface area contributed by atoms with Gasteiger partial charge < -0.3 is 10.6 Å². The molecule has 1 aliphatic carbocycles. The summed E-state index contributed by atoms with van der Waals surface area (Å²) >= 11 is 0. The summed E-state index contributed by atoms with van der Waals surface area (Å²) in [6, 6.07) is 0.212. The minimum absolute atomic E-state index is 0.0755. The second-order valence-electron chi connectivity index (χ2n) is 6.35. The lowest BCUT2D eigenvalue weighted by Crippen LogP contribution is -2.47. The highest BCUT2D eigenvalue weighted by atomic mass is 16.2. The number of nitrogens with one attached hydrogen (secondary N) is 2. The van der Waals surface area contributed by atoms with Gasteiger partial charge >= 0.3 is 0 Å². The van der Waals surface area contributed by atoms with Crippen molar-refractivity contribution < 1.29 is 4.79 Å². The summed E-state index contributed by atoms with van der Waals surface area (Å²) in [6.07, 6.45) is 7.56. The van der Waals surface area contributed by atoms with Gasteiger partial charge in [0.2, 0.25) is 5.91 Å². The lowest BCUT2D eigenvalue weighted by atomic mass is 9.80. The summed E-state index contributed by atoms with van der Waals surface area (Å²) in [6.45, 7) is 9.53. The van der Waals surface area contributed by atoms with Gasteiger partial charge in [0.05, 0.1) is 6.04 Å². The van der Waals surface area contributed by atoms with Gasteiger partial charge in [0.1, 0.15) is 0 Å². The van der Waals surface area contributed by atoms with Gasteiger partial charge in [-0.05, 0) is 45.1 Å². The Labute approximate surface area is 118 Å². The molecule has 3 nitrogen and oxygen atoms in total. The Morgan fingerprint density at radius 2 is 1.95 bits per heavy atom. The molecule has 2 N–H and O–H groups in total. The number of hydrogen-bond acceptors (Lipinski definition) is 2. The smallest absolute Gasteiger partial charge is 0.237 e. The molecule has 0 bridgehead atoms. The van der Waals surface area contributed by atoms with Crippen molar-refractivity contribution in [3.63, 3.8) is 0 Å². The molecule has 1 rings (SSSR count). The van der Waals surface area contributed by atoms with Crippen LogP contribution in [0.3, 0.4) is 0 Å². The van der Waals surface area contributed by atoms with E-state index in [4.69, 9.17) is 0 Å². The first-order valence-corrected chi connectivity index (χ1v) is 8.08. The molecule has 1 saturated carbocycles. The number of hydrogen-bond donors (Lipinski definition) is 2. The van der Waals surface area contributed by atoms with Gasteiger partial charge in [0.15, 0.2) is 0 Å². The Kier molecular flexibility index (Phi) is 7.44. The monoisotopic (exact) mass is 268 g/mol. The van der Waals surface area contributed by atoms with Crippen LogP contribution in [0.15, 0.2) is 0 Å². The van der Waals surface area contributed by atoms with Crippen molar-refractivity contribution in [3.05, 3.63) is 0 Å². The van der Waals surface area contributed by atoms with Crippen LogP contribution in [0.5, 0.6) is 0 Å². The van der Waals surface area contributed by atoms with E-state index in [-0.39, 0.29) is 18.0 Å². The van der Waals surface area contributed by atoms with Crippen LogP contribution >= 0.6 is 0 Å². The summed E-state index contributed by atoms with van der Waals surface area (Å²) in [5.74, 6) is 1.69. The van der Waals surface area contributed by atoms with Gasteiger partial charge in [0.25, 0.3) is 0 Å². The molecule has 3 heteroatoms. The topological polar surface area (TPSA) is 41.1 Å². The zero-order valence-electron chi connectivity index (χ0n) is 13.2. The van der Waals surface area contributed by atoms with E-state index in [1.54, 1.807) is 0 Å². The number of rotatable bonds is 7. The van der Waals surface area contributed by atoms with E-state index < -0.39 is 0 Å². The van der Waals surface area contributed by atoms with Crippen molar-refractivity contribution in [2.24, 2.45) is 11.8 Å². The maximum atomic E-state index is 12.0. The van der Waals surface area contributed by atoms with Crippen molar-refractivity contribution in [3.8, 4) is 0 Å². The molecule has 0 aromatic carbocycles. The van der Waals surface area contributed by atoms with E-state index >= 15 is 0 Å². The van der Waals surface area contributed by atoms with E-state index in [1.807, 2.05) is 6.92 Å². The van der Waals surface area contributed by atoms with E-state index in [1.165, 1.54) is 25.7 Å². The van der Waals surface area contributed by atoms with Gasteiger partial charge in [-0.3, -0.25) is 4.79 Å². The van der Waals surface area contributed by atoms with Crippen LogP contribution < -0.4 is 10.6 Å². The molecule has 1 aliphatic rings. The van der Waals surface area contributed by atoms with Crippen molar-refractivity contribution in [1.82, 2.24) is 10.6 Å². The molecule has 19 heavy (non-hydrogen) atoms. The third kappa shape index (κ3) is 5.94. The minimum atomic E-state index is -0.0755. The molecule has 1 fully saturated rings. The molecule has 0 aromatic heterocycles. The predicted molar refractivity (Wildman–Crippen MR) is 81.1 cm³/mol. The maximum Gasteiger partial charge on any atom is 0.237 e. The molecular weight excluding hydrogens is 236 g/mol. The van der Waals surface area contributed by atoms with Crippen LogP contribution in [0.4, 0.5) is 0 Å². The van der Waals surface area contributed by atoms with Gasteiger partial charge in [0, 0.05) is 6.04 Å². The first-order chi connectivity index (χ1) is 9.04. The lowest BCUT2D eigenvalue weighted by molar-refractivity contribution is -0.123. The quantitative estimate of drug-likeness (QED) is 0.745. The van der Waals surface area contributed by atoms with Crippen LogP contribution in [0.2, 0.25) is 0 Å². The Morgan fingerprint density at radius 1 is 1.26 bits per heavy atom. The lowest BCUT2D eigenvalue weighted by Gasteiger charge is -2.30. The SMILES string of the molecule is CCCC(C)NC(=O)C(C)NCC1CCCCC1C. The second kappa shape index (κ2) is 8.57. The minimum Gasteiger partial charge on any atom is -0.352 e. The molecule has 112 valence electrons. The summed E-state index contributed by atoms with van der Waals surface area (Å²) in [5, 5.41) is 6.50. The van der Waals surface area contributed by atoms with Gasteiger partial charge in [-0.25, -0.2) is 0 Å². The fourth-order valence-electron chi connectivity index (χ4n) is 2.99. The molecule has 0 radical (unpaired) electrons. The first-order valence-electron chi connectivity index (χ1n) is 8.08. The number of carbonyl (C=O) groups is 1. The van der Waals surface area contributed by atoms with Crippen LogP contribution in [-0.4, -0.2) is 24.5 Å². The fraction of sp³-hybridized carbons (Fsp3) is 0.938. The van der Waals surface area contributed by atoms with Gasteiger partial charge in [-0.2, -0.15) is 0 Å². The molecule has 1 amide bonds. The van der Waals surface area contributed by atoms with Gasteiger partial charge in [-0.1, -0.05) is 39.5 Å². The highest BCUT2D eigenvalue weighted by Gasteiger charge is 2.22. The van der Waals surface area contributed by atoms with Crippen molar-refractivity contribution >= 4 is 5.91 Å². The van der Waals surface area contributed by atoms with Crippen molar-refractivity contribution in [1.29, 1.82) is 0 Å². The Bertz CT molecular complexity index is 267. The molecule has 4 unspecified atom stereocenters. The average molecular weight is 268 g/mol. The highest BCUT2D eigenvalue weighted by molar-refractivity contribution is 5.81. The second-order valence-corrected chi connectivity index (χ2v) is 6.35. The van der Waals surface area contributed by atoms with Crippen molar-refractivity contribution in [2.45, 2.75) is 78.3 Å². The molecule has 0 saturated heterocycles. The molecule has 0 heterocycles. The summed E-state index contributed by atoms with van der Waals surface area (Å²) in [5.41, 5.74) is 0. The number of carbonyl (C=O) groups excluding carboxylic acids is 1. The van der Waals surface area contributed by atoms with Crippen molar-refractivity contribution in [2.75, 3.05) is 6.54 Å². The zero-order chi connectivity index (χ0) is 14.3. The Morgan fingerprint density at radius 3 is 2.58 bits per heavy atom. The largest absolute Gasteiger partial charge is 0.352 e. The normalized spacial score (nSPS) is 26.7. The molecule has 4 atom stereocenters. The predicted octanol–water partition coefficient (Wildman–Crippen LogP) is 3.10. The standard InChI is InChI=1S/C16H32N2O/c1-5-8-13(3)18-16(19)14(4)17-11-15-10-7-6-9-12(15)2/h12-15,17H,5-11H2,1-4H3,(H,18,19). The van der Waals surface area contributed by atoms with E-state index in [0.29, 0.717) is 0 Å². The third-order valence-corrected chi connectivity index (χ3v) is 4.48. The third-order valence-electron chi connectivity index (χ3n) is 4.48. The van der Waals surface area contributed by atoms with E-state index in [2.05, 4.69) is 31.4 Å². The molecule has 0 aromatic rings. The fourth-order valence-corrected chi connectivity index (χ4v) is 2.99. The van der Waals surface area contributed by atoms with Gasteiger partial charge in [-0.15, -0.1) is 0 Å². The highest BCUT2D eigenvalue weighted by Crippen LogP contribution is 2.28. The van der Waals surface area contributed by atoms with Crippen LogP contribution in [0.25, 0.3) is 0 Å². The first kappa shape index (κ1) is 16.5. The molecule has 0 spiro atoms. The Balaban J connectivity index is 2.25. The molecular formula is C16H32N2O. The van der Waals surface area contributed by atoms with E-state index in [9.17, 15) is 4.79 Å². The summed E-state index contributed by atoms with van der Waals surface area (Å²) in [4.78, 5) is 12.0.